The molecule has 0 spiro atoms. The van der Waals surface area contributed by atoms with E-state index in [1.54, 1.807) is 13.1 Å². The minimum absolute atomic E-state index is 0.212. The highest BCUT2D eigenvalue weighted by molar-refractivity contribution is 5.96. The van der Waals surface area contributed by atoms with Gasteiger partial charge in [-0.3, -0.25) is 9.78 Å². The summed E-state index contributed by atoms with van der Waals surface area (Å²) in [6.45, 7) is 2.69. The van der Waals surface area contributed by atoms with Gasteiger partial charge in [-0.25, -0.2) is 0 Å². The van der Waals surface area contributed by atoms with Gasteiger partial charge in [0.1, 0.15) is 0 Å². The van der Waals surface area contributed by atoms with Gasteiger partial charge in [-0.15, -0.1) is 0 Å². The molecular weight excluding hydrogens is 242 g/mol. The Kier molecular flexibility index (Phi) is 4.18. The van der Waals surface area contributed by atoms with E-state index in [1.165, 1.54) is 0 Å². The van der Waals surface area contributed by atoms with Crippen LogP contribution in [0.15, 0.2) is 30.5 Å². The number of esters is 1. The third-order valence-corrected chi connectivity index (χ3v) is 2.78. The molecule has 19 heavy (non-hydrogen) atoms. The molecule has 0 atom stereocenters. The highest BCUT2D eigenvalue weighted by Gasteiger charge is 2.06. The first-order chi connectivity index (χ1) is 9.22. The van der Waals surface area contributed by atoms with Crippen LogP contribution in [0.1, 0.15) is 13.3 Å². The van der Waals surface area contributed by atoms with Crippen LogP contribution in [0.5, 0.6) is 0 Å². The van der Waals surface area contributed by atoms with Gasteiger partial charge < -0.3 is 15.8 Å². The molecule has 2 rings (SSSR count). The van der Waals surface area contributed by atoms with Crippen molar-refractivity contribution in [3.8, 4) is 0 Å². The third-order valence-electron chi connectivity index (χ3n) is 2.78. The number of anilines is 2. The topological polar surface area (TPSA) is 77.2 Å². The number of hydrogen-bond donors (Lipinski definition) is 2. The van der Waals surface area contributed by atoms with Crippen molar-refractivity contribution in [3.63, 3.8) is 0 Å². The van der Waals surface area contributed by atoms with Crippen LogP contribution in [0, 0.1) is 0 Å². The lowest BCUT2D eigenvalue weighted by Crippen LogP contribution is -2.12. The number of nitrogen functional groups attached to an aromatic ring is 1. The number of carbonyl (C=O) groups is 1. The quantitative estimate of drug-likeness (QED) is 0.635. The Balaban J connectivity index is 2.05. The van der Waals surface area contributed by atoms with Gasteiger partial charge in [-0.1, -0.05) is 0 Å². The number of carbonyl (C=O) groups excluding carboxylic acids is 1. The molecule has 3 N–H and O–H groups in total. The minimum Gasteiger partial charge on any atom is -0.466 e. The van der Waals surface area contributed by atoms with Crippen LogP contribution in [0.2, 0.25) is 0 Å². The normalized spacial score (nSPS) is 10.4. The number of pyridine rings is 1. The second-order valence-corrected chi connectivity index (χ2v) is 4.08. The first-order valence-electron chi connectivity index (χ1n) is 6.25. The summed E-state index contributed by atoms with van der Waals surface area (Å²) < 4.78 is 4.86. The minimum atomic E-state index is -0.212. The largest absolute Gasteiger partial charge is 0.466 e. The molecule has 0 radical (unpaired) electrons. The molecule has 0 amide bonds. The van der Waals surface area contributed by atoms with E-state index in [4.69, 9.17) is 10.5 Å². The number of ether oxygens (including phenoxy) is 1. The summed E-state index contributed by atoms with van der Waals surface area (Å²) >= 11 is 0. The van der Waals surface area contributed by atoms with Gasteiger partial charge in [-0.05, 0) is 31.2 Å². The van der Waals surface area contributed by atoms with Crippen LogP contribution in [0.3, 0.4) is 0 Å². The maximum absolute atomic E-state index is 11.2. The van der Waals surface area contributed by atoms with E-state index < -0.39 is 0 Å². The Morgan fingerprint density at radius 1 is 1.42 bits per heavy atom. The Bertz CT molecular complexity index is 584. The van der Waals surface area contributed by atoms with E-state index in [9.17, 15) is 4.79 Å². The van der Waals surface area contributed by atoms with Crippen molar-refractivity contribution in [1.29, 1.82) is 0 Å². The van der Waals surface area contributed by atoms with Crippen molar-refractivity contribution in [2.24, 2.45) is 0 Å². The van der Waals surface area contributed by atoms with E-state index in [0.29, 0.717) is 25.3 Å². The van der Waals surface area contributed by atoms with Crippen molar-refractivity contribution in [2.75, 3.05) is 24.2 Å². The lowest BCUT2D eigenvalue weighted by Gasteiger charge is -2.11. The molecule has 0 fully saturated rings. The number of fused-ring (bicyclic) bond motifs is 1. The molecule has 2 aromatic rings. The van der Waals surface area contributed by atoms with Gasteiger partial charge in [0.25, 0.3) is 0 Å². The standard InChI is InChI=1S/C14H17N3O2/c1-2-19-13(18)7-9-17-12-6-5-11-10(14(12)15)4-3-8-16-11/h3-6,8,17H,2,7,9,15H2,1H3. The molecule has 100 valence electrons. The van der Waals surface area contributed by atoms with Gasteiger partial charge in [0.05, 0.1) is 29.9 Å². The van der Waals surface area contributed by atoms with Crippen LogP contribution >= 0.6 is 0 Å². The first kappa shape index (κ1) is 13.1. The molecule has 0 aliphatic heterocycles. The van der Waals surface area contributed by atoms with Crippen LogP contribution in [-0.2, 0) is 9.53 Å². The summed E-state index contributed by atoms with van der Waals surface area (Å²) in [5, 5.41) is 4.05. The van der Waals surface area contributed by atoms with Crippen molar-refractivity contribution in [3.05, 3.63) is 30.5 Å². The predicted molar refractivity (Wildman–Crippen MR) is 75.9 cm³/mol. The highest BCUT2D eigenvalue weighted by atomic mass is 16.5. The Morgan fingerprint density at radius 2 is 2.26 bits per heavy atom. The number of benzene rings is 1. The molecule has 0 aliphatic carbocycles. The van der Waals surface area contributed by atoms with Crippen LogP contribution in [0.25, 0.3) is 10.9 Å². The van der Waals surface area contributed by atoms with Gasteiger partial charge in [0, 0.05) is 18.1 Å². The molecule has 0 aliphatic rings. The van der Waals surface area contributed by atoms with E-state index in [2.05, 4.69) is 10.3 Å². The SMILES string of the molecule is CCOC(=O)CCNc1ccc2ncccc2c1N. The summed E-state index contributed by atoms with van der Waals surface area (Å²) in [6.07, 6.45) is 2.05. The highest BCUT2D eigenvalue weighted by Crippen LogP contribution is 2.27. The van der Waals surface area contributed by atoms with Crippen LogP contribution in [0.4, 0.5) is 11.4 Å². The smallest absolute Gasteiger partial charge is 0.307 e. The first-order valence-corrected chi connectivity index (χ1v) is 6.25. The van der Waals surface area contributed by atoms with Crippen molar-refractivity contribution in [1.82, 2.24) is 4.98 Å². The summed E-state index contributed by atoms with van der Waals surface area (Å²) in [6, 6.07) is 7.55. The predicted octanol–water partition coefficient (Wildman–Crippen LogP) is 2.18. The second-order valence-electron chi connectivity index (χ2n) is 4.08. The Morgan fingerprint density at radius 3 is 3.05 bits per heavy atom. The number of nitrogens with two attached hydrogens (primary N) is 1. The fraction of sp³-hybridized carbons (Fsp3) is 0.286. The monoisotopic (exact) mass is 259 g/mol. The van der Waals surface area contributed by atoms with Gasteiger partial charge in [-0.2, -0.15) is 0 Å². The van der Waals surface area contributed by atoms with Crippen molar-refractivity contribution < 1.29 is 9.53 Å². The molecule has 5 nitrogen and oxygen atoms in total. The van der Waals surface area contributed by atoms with Crippen molar-refractivity contribution >= 4 is 28.2 Å². The van der Waals surface area contributed by atoms with Crippen molar-refractivity contribution in [2.45, 2.75) is 13.3 Å². The van der Waals surface area contributed by atoms with Gasteiger partial charge in [0.2, 0.25) is 0 Å². The second kappa shape index (κ2) is 6.04. The Hall–Kier alpha value is -2.30. The van der Waals surface area contributed by atoms with E-state index in [-0.39, 0.29) is 5.97 Å². The summed E-state index contributed by atoms with van der Waals surface area (Å²) in [5.41, 5.74) is 8.39. The summed E-state index contributed by atoms with van der Waals surface area (Å²) in [5.74, 6) is -0.212. The zero-order valence-corrected chi connectivity index (χ0v) is 10.8. The third kappa shape index (κ3) is 3.13. The number of nitrogens with zero attached hydrogens (tertiary/aromatic N) is 1. The maximum atomic E-state index is 11.2. The van der Waals surface area contributed by atoms with E-state index in [1.807, 2.05) is 24.3 Å². The number of aromatic nitrogens is 1. The molecule has 0 unspecified atom stereocenters. The average Bonchev–Trinajstić information content (AvgIpc) is 2.42. The zero-order chi connectivity index (χ0) is 13.7. The zero-order valence-electron chi connectivity index (χ0n) is 10.8. The summed E-state index contributed by atoms with van der Waals surface area (Å²) in [4.78, 5) is 15.5. The van der Waals surface area contributed by atoms with E-state index >= 15 is 0 Å². The molecule has 1 aromatic heterocycles. The summed E-state index contributed by atoms with van der Waals surface area (Å²) in [7, 11) is 0. The fourth-order valence-corrected chi connectivity index (χ4v) is 1.86. The van der Waals surface area contributed by atoms with Gasteiger partial charge >= 0.3 is 5.97 Å². The molecule has 0 saturated heterocycles. The lowest BCUT2D eigenvalue weighted by molar-refractivity contribution is -0.142. The number of rotatable bonds is 5. The molecule has 1 heterocycles. The maximum Gasteiger partial charge on any atom is 0.307 e. The number of hydrogen-bond acceptors (Lipinski definition) is 5. The van der Waals surface area contributed by atoms with Crippen LogP contribution < -0.4 is 11.1 Å². The molecule has 0 bridgehead atoms. The molecule has 5 heteroatoms. The fourth-order valence-electron chi connectivity index (χ4n) is 1.86. The average molecular weight is 259 g/mol. The van der Waals surface area contributed by atoms with Crippen LogP contribution in [-0.4, -0.2) is 24.1 Å². The molecular formula is C14H17N3O2. The molecule has 0 saturated carbocycles. The lowest BCUT2D eigenvalue weighted by atomic mass is 10.1. The van der Waals surface area contributed by atoms with Gasteiger partial charge in [0.15, 0.2) is 0 Å². The molecule has 1 aromatic carbocycles. The number of nitrogens with one attached hydrogen (secondary N) is 1. The Labute approximate surface area is 111 Å². The van der Waals surface area contributed by atoms with E-state index in [0.717, 1.165) is 16.6 Å².